The van der Waals surface area contributed by atoms with Crippen LogP contribution in [-0.4, -0.2) is 46.6 Å². The number of piperidine rings is 1. The normalized spacial score (nSPS) is 23.0. The molecule has 1 heterocycles. The molecule has 1 aliphatic heterocycles. The van der Waals surface area contributed by atoms with E-state index < -0.39 is 12.1 Å². The van der Waals surface area contributed by atoms with E-state index in [1.165, 1.54) is 5.56 Å². The van der Waals surface area contributed by atoms with Crippen LogP contribution in [0.4, 0.5) is 0 Å². The largest absolute Gasteiger partial charge is 0.391 e. The summed E-state index contributed by atoms with van der Waals surface area (Å²) in [6.07, 6.45) is 4.73. The Labute approximate surface area is 149 Å². The Kier molecular flexibility index (Phi) is 5.74. The predicted octanol–water partition coefficient (Wildman–Crippen LogP) is 1.89. The molecule has 25 heavy (non-hydrogen) atoms. The minimum atomic E-state index is -0.894. The van der Waals surface area contributed by atoms with Crippen LogP contribution in [0, 0.1) is 5.92 Å². The van der Waals surface area contributed by atoms with Gasteiger partial charge in [0, 0.05) is 18.5 Å². The van der Waals surface area contributed by atoms with Gasteiger partial charge < -0.3 is 15.3 Å². The first-order valence-electron chi connectivity index (χ1n) is 9.39. The highest BCUT2D eigenvalue weighted by Crippen LogP contribution is 2.29. The number of carbonyl (C=O) groups is 2. The lowest BCUT2D eigenvalue weighted by molar-refractivity contribution is -0.142. The smallest absolute Gasteiger partial charge is 0.248 e. The Morgan fingerprint density at radius 1 is 1.20 bits per heavy atom. The van der Waals surface area contributed by atoms with Gasteiger partial charge in [-0.25, -0.2) is 0 Å². The highest BCUT2D eigenvalue weighted by Gasteiger charge is 2.38. The summed E-state index contributed by atoms with van der Waals surface area (Å²) in [6, 6.07) is 9.46. The summed E-state index contributed by atoms with van der Waals surface area (Å²) in [5.41, 5.74) is 1.21. The predicted molar refractivity (Wildman–Crippen MR) is 95.8 cm³/mol. The molecule has 2 fully saturated rings. The zero-order valence-corrected chi connectivity index (χ0v) is 14.9. The van der Waals surface area contributed by atoms with Crippen LogP contribution in [0.25, 0.3) is 0 Å². The number of aliphatic hydroxyl groups excluding tert-OH is 1. The number of nitrogens with one attached hydrogen (secondary N) is 1. The Morgan fingerprint density at radius 2 is 1.92 bits per heavy atom. The second-order valence-electron chi connectivity index (χ2n) is 7.37. The Bertz CT molecular complexity index is 598. The molecular formula is C20H28N2O3. The number of carbonyl (C=O) groups excluding carboxylic acids is 2. The maximum absolute atomic E-state index is 13.1. The van der Waals surface area contributed by atoms with Crippen LogP contribution in [0.15, 0.2) is 30.3 Å². The maximum Gasteiger partial charge on any atom is 0.248 e. The van der Waals surface area contributed by atoms with Crippen molar-refractivity contribution in [2.75, 3.05) is 6.54 Å². The van der Waals surface area contributed by atoms with E-state index in [9.17, 15) is 14.7 Å². The van der Waals surface area contributed by atoms with Gasteiger partial charge in [-0.2, -0.15) is 0 Å². The van der Waals surface area contributed by atoms with Crippen molar-refractivity contribution in [3.8, 4) is 0 Å². The number of nitrogens with zero attached hydrogens (tertiary/aromatic N) is 1. The fourth-order valence-corrected chi connectivity index (χ4v) is 3.57. The van der Waals surface area contributed by atoms with Crippen LogP contribution < -0.4 is 5.32 Å². The molecule has 5 heteroatoms. The summed E-state index contributed by atoms with van der Waals surface area (Å²) in [4.78, 5) is 27.0. The molecule has 2 aliphatic rings. The fourth-order valence-electron chi connectivity index (χ4n) is 3.57. The van der Waals surface area contributed by atoms with Crippen LogP contribution in [0.3, 0.4) is 0 Å². The van der Waals surface area contributed by atoms with Gasteiger partial charge in [0.1, 0.15) is 6.04 Å². The Morgan fingerprint density at radius 3 is 2.56 bits per heavy atom. The summed E-state index contributed by atoms with van der Waals surface area (Å²) in [6.45, 7) is 2.27. The molecule has 1 aromatic carbocycles. The molecule has 2 N–H and O–H groups in total. The van der Waals surface area contributed by atoms with Gasteiger partial charge in [0.05, 0.1) is 6.10 Å². The summed E-state index contributed by atoms with van der Waals surface area (Å²) in [5.74, 6) is -0.226. The molecule has 2 amide bonds. The van der Waals surface area contributed by atoms with Gasteiger partial charge in [-0.3, -0.25) is 9.59 Å². The molecular weight excluding hydrogens is 316 g/mol. The molecule has 1 saturated heterocycles. The van der Waals surface area contributed by atoms with Crippen LogP contribution in [0.2, 0.25) is 0 Å². The van der Waals surface area contributed by atoms with Crippen LogP contribution in [-0.2, 0) is 16.0 Å². The Balaban J connectivity index is 1.70. The van der Waals surface area contributed by atoms with Gasteiger partial charge >= 0.3 is 0 Å². The topological polar surface area (TPSA) is 69.6 Å². The van der Waals surface area contributed by atoms with E-state index in [0.29, 0.717) is 6.54 Å². The van der Waals surface area contributed by atoms with Crippen molar-refractivity contribution < 1.29 is 14.7 Å². The minimum absolute atomic E-state index is 0.0236. The highest BCUT2D eigenvalue weighted by molar-refractivity contribution is 5.90. The zero-order chi connectivity index (χ0) is 17.8. The molecule has 0 radical (unpaired) electrons. The minimum Gasteiger partial charge on any atom is -0.391 e. The van der Waals surface area contributed by atoms with Crippen LogP contribution >= 0.6 is 0 Å². The molecule has 1 aromatic rings. The molecule has 3 unspecified atom stereocenters. The second-order valence-corrected chi connectivity index (χ2v) is 7.37. The van der Waals surface area contributed by atoms with E-state index >= 15 is 0 Å². The summed E-state index contributed by atoms with van der Waals surface area (Å²) < 4.78 is 0. The summed E-state index contributed by atoms with van der Waals surface area (Å²) in [7, 11) is 0. The SMILES string of the molecule is CC(O)C(NC(=O)C1CC1)C(=O)N1CCCCC1Cc1ccccc1. The standard InChI is InChI=1S/C20H28N2O3/c1-14(23)18(21-19(24)16-10-11-16)20(25)22-12-6-5-9-17(22)13-15-7-3-2-4-8-15/h2-4,7-8,14,16-18,23H,5-6,9-13H2,1H3,(H,21,24). The van der Waals surface area contributed by atoms with Gasteiger partial charge in [-0.1, -0.05) is 30.3 Å². The first kappa shape index (κ1) is 17.9. The zero-order valence-electron chi connectivity index (χ0n) is 14.9. The summed E-state index contributed by atoms with van der Waals surface area (Å²) >= 11 is 0. The first-order valence-corrected chi connectivity index (χ1v) is 9.39. The molecule has 3 rings (SSSR count). The third-order valence-electron chi connectivity index (χ3n) is 5.22. The molecule has 3 atom stereocenters. The highest BCUT2D eigenvalue weighted by atomic mass is 16.3. The van der Waals surface area contributed by atoms with Gasteiger partial charge in [-0.05, 0) is 51.0 Å². The number of likely N-dealkylation sites (tertiary alicyclic amines) is 1. The van der Waals surface area contributed by atoms with E-state index in [1.54, 1.807) is 6.92 Å². The van der Waals surface area contributed by atoms with E-state index in [2.05, 4.69) is 17.4 Å². The van der Waals surface area contributed by atoms with Crippen LogP contribution in [0.5, 0.6) is 0 Å². The number of aliphatic hydroxyl groups is 1. The fraction of sp³-hybridized carbons (Fsp3) is 0.600. The van der Waals surface area contributed by atoms with Crippen molar-refractivity contribution in [2.24, 2.45) is 5.92 Å². The number of amides is 2. The van der Waals surface area contributed by atoms with Crippen molar-refractivity contribution in [3.05, 3.63) is 35.9 Å². The molecule has 0 spiro atoms. The van der Waals surface area contributed by atoms with E-state index in [4.69, 9.17) is 0 Å². The molecule has 0 aromatic heterocycles. The third-order valence-corrected chi connectivity index (χ3v) is 5.22. The second kappa shape index (κ2) is 8.00. The van der Waals surface area contributed by atoms with Gasteiger partial charge in [-0.15, -0.1) is 0 Å². The average molecular weight is 344 g/mol. The van der Waals surface area contributed by atoms with Crippen molar-refractivity contribution in [3.63, 3.8) is 0 Å². The number of hydrogen-bond donors (Lipinski definition) is 2. The van der Waals surface area contributed by atoms with Gasteiger partial charge in [0.15, 0.2) is 0 Å². The van der Waals surface area contributed by atoms with E-state index in [-0.39, 0.29) is 23.8 Å². The molecule has 136 valence electrons. The van der Waals surface area contributed by atoms with Crippen LogP contribution in [0.1, 0.15) is 44.6 Å². The lowest BCUT2D eigenvalue weighted by atomic mass is 9.94. The monoisotopic (exact) mass is 344 g/mol. The number of rotatable bonds is 6. The van der Waals surface area contributed by atoms with Gasteiger partial charge in [0.2, 0.25) is 11.8 Å². The quantitative estimate of drug-likeness (QED) is 0.828. The van der Waals surface area contributed by atoms with Crippen molar-refractivity contribution in [1.29, 1.82) is 0 Å². The third kappa shape index (κ3) is 4.60. The van der Waals surface area contributed by atoms with Gasteiger partial charge in [0.25, 0.3) is 0 Å². The van der Waals surface area contributed by atoms with Crippen molar-refractivity contribution in [2.45, 2.75) is 63.6 Å². The van der Waals surface area contributed by atoms with Crippen molar-refractivity contribution >= 4 is 11.8 Å². The Hall–Kier alpha value is -1.88. The average Bonchev–Trinajstić information content (AvgIpc) is 3.45. The lowest BCUT2D eigenvalue weighted by Gasteiger charge is -2.38. The molecule has 5 nitrogen and oxygen atoms in total. The van der Waals surface area contributed by atoms with E-state index in [1.807, 2.05) is 23.1 Å². The molecule has 1 aliphatic carbocycles. The lowest BCUT2D eigenvalue weighted by Crippen LogP contribution is -2.57. The summed E-state index contributed by atoms with van der Waals surface area (Å²) in [5, 5.41) is 12.9. The molecule has 0 bridgehead atoms. The number of benzene rings is 1. The van der Waals surface area contributed by atoms with Crippen molar-refractivity contribution in [1.82, 2.24) is 10.2 Å². The molecule has 1 saturated carbocycles. The maximum atomic E-state index is 13.1. The first-order chi connectivity index (χ1) is 12.1. The van der Waals surface area contributed by atoms with E-state index in [0.717, 1.165) is 38.5 Å². The number of hydrogen-bond acceptors (Lipinski definition) is 3.